The fraction of sp³-hybridized carbons (Fsp3) is 0. The molecular formula is C23H17FN4O. The Morgan fingerprint density at radius 2 is 1.55 bits per heavy atom. The molecule has 0 bridgehead atoms. The van der Waals surface area contributed by atoms with Gasteiger partial charge in [0.1, 0.15) is 18.0 Å². The van der Waals surface area contributed by atoms with Crippen molar-refractivity contribution in [3.05, 3.63) is 103 Å². The van der Waals surface area contributed by atoms with Crippen LogP contribution in [0.4, 0.5) is 21.6 Å². The van der Waals surface area contributed by atoms with E-state index in [1.807, 2.05) is 36.4 Å². The minimum Gasteiger partial charge on any atom is -0.340 e. The van der Waals surface area contributed by atoms with Crippen LogP contribution in [0.15, 0.2) is 91.3 Å². The van der Waals surface area contributed by atoms with Crippen LogP contribution >= 0.6 is 0 Å². The highest BCUT2D eigenvalue weighted by Gasteiger charge is 2.08. The van der Waals surface area contributed by atoms with Crippen LogP contribution in [-0.2, 0) is 0 Å². The zero-order valence-electron chi connectivity index (χ0n) is 15.3. The van der Waals surface area contributed by atoms with Crippen molar-refractivity contribution in [1.29, 1.82) is 0 Å². The molecule has 0 aliphatic carbocycles. The predicted octanol–water partition coefficient (Wildman–Crippen LogP) is 5.28. The van der Waals surface area contributed by atoms with E-state index < -0.39 is 0 Å². The molecule has 0 aliphatic rings. The molecule has 2 N–H and O–H groups in total. The number of para-hydroxylation sites is 1. The molecule has 4 aromatic rings. The van der Waals surface area contributed by atoms with Crippen LogP contribution in [0.25, 0.3) is 11.3 Å². The van der Waals surface area contributed by atoms with Crippen LogP contribution in [0.2, 0.25) is 0 Å². The molecule has 29 heavy (non-hydrogen) atoms. The van der Waals surface area contributed by atoms with Gasteiger partial charge in [0.2, 0.25) is 0 Å². The Balaban J connectivity index is 1.51. The van der Waals surface area contributed by atoms with Crippen LogP contribution in [-0.4, -0.2) is 15.9 Å². The van der Waals surface area contributed by atoms with Gasteiger partial charge >= 0.3 is 0 Å². The van der Waals surface area contributed by atoms with E-state index in [-0.39, 0.29) is 11.7 Å². The lowest BCUT2D eigenvalue weighted by molar-refractivity contribution is 0.102. The van der Waals surface area contributed by atoms with E-state index in [2.05, 4.69) is 20.6 Å². The monoisotopic (exact) mass is 384 g/mol. The van der Waals surface area contributed by atoms with Crippen LogP contribution in [0.5, 0.6) is 0 Å². The highest BCUT2D eigenvalue weighted by Crippen LogP contribution is 2.22. The SMILES string of the molecule is O=C(Nc1ccccc1)c1cccc(Nc2cc(-c3ccc(F)cc3)ncn2)c1. The first-order valence-electron chi connectivity index (χ1n) is 8.99. The second-order valence-corrected chi connectivity index (χ2v) is 6.32. The third kappa shape index (κ3) is 4.62. The number of halogens is 1. The molecule has 0 atom stereocenters. The number of hydrogen-bond donors (Lipinski definition) is 2. The number of anilines is 3. The number of aromatic nitrogens is 2. The Morgan fingerprint density at radius 1 is 0.793 bits per heavy atom. The highest BCUT2D eigenvalue weighted by molar-refractivity contribution is 6.04. The Labute approximate surface area is 167 Å². The maximum absolute atomic E-state index is 13.1. The molecule has 3 aromatic carbocycles. The molecule has 0 radical (unpaired) electrons. The Morgan fingerprint density at radius 3 is 2.34 bits per heavy atom. The molecule has 0 unspecified atom stereocenters. The Kier molecular flexibility index (Phi) is 5.25. The summed E-state index contributed by atoms with van der Waals surface area (Å²) in [5.74, 6) is 0.0706. The first-order valence-corrected chi connectivity index (χ1v) is 8.99. The van der Waals surface area contributed by atoms with Gasteiger partial charge in [-0.3, -0.25) is 4.79 Å². The minimum atomic E-state index is -0.299. The van der Waals surface area contributed by atoms with Crippen LogP contribution in [0, 0.1) is 5.82 Å². The number of amides is 1. The van der Waals surface area contributed by atoms with Crippen molar-refractivity contribution >= 4 is 23.1 Å². The lowest BCUT2D eigenvalue weighted by Crippen LogP contribution is -2.11. The Bertz CT molecular complexity index is 1130. The fourth-order valence-electron chi connectivity index (χ4n) is 2.82. The first kappa shape index (κ1) is 18.3. The summed E-state index contributed by atoms with van der Waals surface area (Å²) in [5.41, 5.74) is 3.42. The minimum absolute atomic E-state index is 0.200. The molecule has 1 amide bonds. The van der Waals surface area contributed by atoms with Crippen molar-refractivity contribution in [2.24, 2.45) is 0 Å². The van der Waals surface area contributed by atoms with Gasteiger partial charge in [0.05, 0.1) is 5.69 Å². The van der Waals surface area contributed by atoms with Gasteiger partial charge in [0.25, 0.3) is 5.91 Å². The maximum atomic E-state index is 13.1. The van der Waals surface area contributed by atoms with Crippen molar-refractivity contribution < 1.29 is 9.18 Å². The maximum Gasteiger partial charge on any atom is 0.255 e. The van der Waals surface area contributed by atoms with Gasteiger partial charge in [-0.25, -0.2) is 14.4 Å². The van der Waals surface area contributed by atoms with E-state index in [0.717, 1.165) is 16.9 Å². The molecule has 0 spiro atoms. The highest BCUT2D eigenvalue weighted by atomic mass is 19.1. The van der Waals surface area contributed by atoms with Gasteiger partial charge in [-0.05, 0) is 54.6 Å². The van der Waals surface area contributed by atoms with Crippen molar-refractivity contribution in [2.45, 2.75) is 0 Å². The third-order valence-corrected chi connectivity index (χ3v) is 4.24. The summed E-state index contributed by atoms with van der Waals surface area (Å²) in [7, 11) is 0. The molecule has 0 saturated carbocycles. The molecule has 4 rings (SSSR count). The zero-order chi connectivity index (χ0) is 20.1. The van der Waals surface area contributed by atoms with Crippen molar-refractivity contribution in [3.8, 4) is 11.3 Å². The van der Waals surface area contributed by atoms with Crippen molar-refractivity contribution in [1.82, 2.24) is 9.97 Å². The zero-order valence-corrected chi connectivity index (χ0v) is 15.3. The Hall–Kier alpha value is -4.06. The smallest absolute Gasteiger partial charge is 0.255 e. The molecular weight excluding hydrogens is 367 g/mol. The standard InChI is InChI=1S/C23H17FN4O/c24-18-11-9-16(10-12-18)21-14-22(26-15-25-21)27-20-8-4-5-17(13-20)23(29)28-19-6-2-1-3-7-19/h1-15H,(H,28,29)(H,25,26,27). The van der Waals surface area contributed by atoms with Gasteiger partial charge in [-0.15, -0.1) is 0 Å². The average molecular weight is 384 g/mol. The molecule has 6 heteroatoms. The van der Waals surface area contributed by atoms with Gasteiger partial charge in [0, 0.05) is 28.6 Å². The van der Waals surface area contributed by atoms with E-state index in [0.29, 0.717) is 17.1 Å². The summed E-state index contributed by atoms with van der Waals surface area (Å²) >= 11 is 0. The second kappa shape index (κ2) is 8.31. The fourth-order valence-corrected chi connectivity index (χ4v) is 2.82. The molecule has 0 saturated heterocycles. The summed E-state index contributed by atoms with van der Waals surface area (Å²) in [6.45, 7) is 0. The number of hydrogen-bond acceptors (Lipinski definition) is 4. The van der Waals surface area contributed by atoms with Crippen LogP contribution in [0.1, 0.15) is 10.4 Å². The predicted molar refractivity (Wildman–Crippen MR) is 112 cm³/mol. The molecule has 0 aliphatic heterocycles. The van der Waals surface area contributed by atoms with Crippen LogP contribution < -0.4 is 10.6 Å². The van der Waals surface area contributed by atoms with Crippen molar-refractivity contribution in [3.63, 3.8) is 0 Å². The number of carbonyl (C=O) groups is 1. The molecule has 1 aromatic heterocycles. The summed E-state index contributed by atoms with van der Waals surface area (Å²) in [5, 5.41) is 6.04. The normalized spacial score (nSPS) is 10.4. The number of nitrogens with one attached hydrogen (secondary N) is 2. The lowest BCUT2D eigenvalue weighted by Gasteiger charge is -2.09. The van der Waals surface area contributed by atoms with Crippen molar-refractivity contribution in [2.75, 3.05) is 10.6 Å². The van der Waals surface area contributed by atoms with Crippen LogP contribution in [0.3, 0.4) is 0 Å². The summed E-state index contributed by atoms with van der Waals surface area (Å²) in [6.07, 6.45) is 1.44. The third-order valence-electron chi connectivity index (χ3n) is 4.24. The van der Waals surface area contributed by atoms with Gasteiger partial charge in [-0.2, -0.15) is 0 Å². The van der Waals surface area contributed by atoms with E-state index in [1.165, 1.54) is 18.5 Å². The van der Waals surface area contributed by atoms with E-state index in [4.69, 9.17) is 0 Å². The number of rotatable bonds is 5. The van der Waals surface area contributed by atoms with Gasteiger partial charge in [0.15, 0.2) is 0 Å². The van der Waals surface area contributed by atoms with Gasteiger partial charge in [-0.1, -0.05) is 24.3 Å². The number of nitrogens with zero attached hydrogens (tertiary/aromatic N) is 2. The second-order valence-electron chi connectivity index (χ2n) is 6.32. The first-order chi connectivity index (χ1) is 14.2. The summed E-state index contributed by atoms with van der Waals surface area (Å²) in [6, 6.07) is 24.3. The number of carbonyl (C=O) groups excluding carboxylic acids is 1. The van der Waals surface area contributed by atoms with E-state index in [1.54, 1.807) is 36.4 Å². The topological polar surface area (TPSA) is 66.9 Å². The van der Waals surface area contributed by atoms with E-state index in [9.17, 15) is 9.18 Å². The van der Waals surface area contributed by atoms with Gasteiger partial charge < -0.3 is 10.6 Å². The lowest BCUT2D eigenvalue weighted by atomic mass is 10.1. The largest absolute Gasteiger partial charge is 0.340 e. The molecule has 5 nitrogen and oxygen atoms in total. The molecule has 0 fully saturated rings. The summed E-state index contributed by atoms with van der Waals surface area (Å²) < 4.78 is 13.1. The van der Waals surface area contributed by atoms with E-state index >= 15 is 0 Å². The molecule has 1 heterocycles. The quantitative estimate of drug-likeness (QED) is 0.491. The number of benzene rings is 3. The summed E-state index contributed by atoms with van der Waals surface area (Å²) in [4.78, 5) is 20.9. The molecule has 142 valence electrons. The average Bonchev–Trinajstić information content (AvgIpc) is 2.75.